The molecule has 126 valence electrons. The van der Waals surface area contributed by atoms with Crippen molar-refractivity contribution in [2.75, 3.05) is 40.5 Å². The molecule has 0 saturated carbocycles. The van der Waals surface area contributed by atoms with Crippen LogP contribution in [0.25, 0.3) is 0 Å². The van der Waals surface area contributed by atoms with E-state index in [2.05, 4.69) is 15.6 Å². The summed E-state index contributed by atoms with van der Waals surface area (Å²) in [6.45, 7) is 4.50. The fraction of sp³-hybridized carbons (Fsp3) is 0.533. The molecule has 1 aromatic carbocycles. The minimum absolute atomic E-state index is 0. The third-order valence-electron chi connectivity index (χ3n) is 2.95. The average molecular weight is 425 g/mol. The van der Waals surface area contributed by atoms with Gasteiger partial charge < -0.3 is 20.1 Å². The van der Waals surface area contributed by atoms with E-state index < -0.39 is 0 Å². The molecule has 0 aliphatic rings. The quantitative estimate of drug-likeness (QED) is 0.291. The highest BCUT2D eigenvalue weighted by atomic mass is 127. The molecule has 1 unspecified atom stereocenters. The van der Waals surface area contributed by atoms with Crippen LogP contribution in [0, 0.1) is 5.82 Å². The fourth-order valence-electron chi connectivity index (χ4n) is 1.81. The van der Waals surface area contributed by atoms with Crippen LogP contribution in [0.5, 0.6) is 0 Å². The number of hydrogen-bond acceptors (Lipinski definition) is 3. The Morgan fingerprint density at radius 1 is 1.27 bits per heavy atom. The number of nitrogens with zero attached hydrogens (tertiary/aromatic N) is 1. The molecule has 0 amide bonds. The number of ether oxygens (including phenoxy) is 2. The Labute approximate surface area is 148 Å². The molecule has 22 heavy (non-hydrogen) atoms. The second-order valence-corrected chi connectivity index (χ2v) is 4.35. The van der Waals surface area contributed by atoms with Crippen molar-refractivity contribution < 1.29 is 13.9 Å². The lowest BCUT2D eigenvalue weighted by Gasteiger charge is -2.18. The lowest BCUT2D eigenvalue weighted by Crippen LogP contribution is -2.41. The summed E-state index contributed by atoms with van der Waals surface area (Å²) in [6, 6.07) is 6.29. The first-order chi connectivity index (χ1) is 10.2. The van der Waals surface area contributed by atoms with Crippen LogP contribution in [-0.2, 0) is 9.47 Å². The van der Waals surface area contributed by atoms with Gasteiger partial charge in [-0.2, -0.15) is 0 Å². The minimum atomic E-state index is -0.255. The van der Waals surface area contributed by atoms with E-state index in [-0.39, 0.29) is 35.9 Å². The van der Waals surface area contributed by atoms with Crippen LogP contribution in [0.4, 0.5) is 4.39 Å². The van der Waals surface area contributed by atoms with E-state index in [4.69, 9.17) is 9.47 Å². The lowest BCUT2D eigenvalue weighted by molar-refractivity contribution is 0.106. The maximum Gasteiger partial charge on any atom is 0.191 e. The second-order valence-electron chi connectivity index (χ2n) is 4.35. The summed E-state index contributed by atoms with van der Waals surface area (Å²) in [7, 11) is 3.33. The Bertz CT molecular complexity index is 429. The number of halogens is 2. The predicted molar refractivity (Wildman–Crippen MR) is 97.4 cm³/mol. The number of guanidine groups is 1. The molecule has 1 rings (SSSR count). The average Bonchev–Trinajstić information content (AvgIpc) is 2.51. The van der Waals surface area contributed by atoms with Gasteiger partial charge in [0, 0.05) is 33.9 Å². The highest BCUT2D eigenvalue weighted by molar-refractivity contribution is 14.0. The Hall–Kier alpha value is -0.930. The van der Waals surface area contributed by atoms with Crippen LogP contribution >= 0.6 is 24.0 Å². The molecule has 2 N–H and O–H groups in total. The van der Waals surface area contributed by atoms with Gasteiger partial charge in [-0.15, -0.1) is 24.0 Å². The van der Waals surface area contributed by atoms with E-state index in [1.54, 1.807) is 26.3 Å². The Kier molecular flexibility index (Phi) is 12.1. The molecule has 0 spiro atoms. The number of hydrogen-bond donors (Lipinski definition) is 2. The number of nitrogens with one attached hydrogen (secondary N) is 2. The van der Waals surface area contributed by atoms with Gasteiger partial charge in [-0.05, 0) is 24.6 Å². The van der Waals surface area contributed by atoms with E-state index in [1.807, 2.05) is 6.92 Å². The molecule has 0 aliphatic heterocycles. The molecule has 0 aliphatic carbocycles. The molecule has 0 saturated heterocycles. The van der Waals surface area contributed by atoms with Crippen molar-refractivity contribution in [2.24, 2.45) is 4.99 Å². The maximum atomic E-state index is 12.9. The zero-order valence-electron chi connectivity index (χ0n) is 13.3. The van der Waals surface area contributed by atoms with Gasteiger partial charge in [0.15, 0.2) is 5.96 Å². The van der Waals surface area contributed by atoms with Crippen LogP contribution in [0.1, 0.15) is 18.6 Å². The van der Waals surface area contributed by atoms with Gasteiger partial charge in [0.1, 0.15) is 5.82 Å². The summed E-state index contributed by atoms with van der Waals surface area (Å²) in [5.41, 5.74) is 0.913. The molecule has 1 atom stereocenters. The third-order valence-corrected chi connectivity index (χ3v) is 2.95. The van der Waals surface area contributed by atoms with Crippen molar-refractivity contribution in [3.8, 4) is 0 Å². The monoisotopic (exact) mass is 425 g/mol. The van der Waals surface area contributed by atoms with Gasteiger partial charge >= 0.3 is 0 Å². The summed E-state index contributed by atoms with van der Waals surface area (Å²) in [5, 5.41) is 6.32. The van der Waals surface area contributed by atoms with Crippen molar-refractivity contribution in [3.63, 3.8) is 0 Å². The van der Waals surface area contributed by atoms with Crippen LogP contribution in [0.15, 0.2) is 29.3 Å². The predicted octanol–water partition coefficient (Wildman–Crippen LogP) is 2.33. The molecule has 5 nitrogen and oxygen atoms in total. The van der Waals surface area contributed by atoms with Gasteiger partial charge in [0.2, 0.25) is 0 Å². The van der Waals surface area contributed by atoms with Crippen LogP contribution in [-0.4, -0.2) is 46.4 Å². The van der Waals surface area contributed by atoms with Gasteiger partial charge in [0.25, 0.3) is 0 Å². The first-order valence-corrected chi connectivity index (χ1v) is 7.01. The largest absolute Gasteiger partial charge is 0.380 e. The summed E-state index contributed by atoms with van der Waals surface area (Å²) in [6.07, 6.45) is -0.170. The Morgan fingerprint density at radius 3 is 2.50 bits per heavy atom. The maximum absolute atomic E-state index is 12.9. The van der Waals surface area contributed by atoms with Gasteiger partial charge in [-0.1, -0.05) is 12.1 Å². The summed E-state index contributed by atoms with van der Waals surface area (Å²) in [5.74, 6) is 0.425. The fourth-order valence-corrected chi connectivity index (χ4v) is 1.81. The minimum Gasteiger partial charge on any atom is -0.380 e. The highest BCUT2D eigenvalue weighted by Gasteiger charge is 2.11. The van der Waals surface area contributed by atoms with Crippen LogP contribution in [0.3, 0.4) is 0 Å². The van der Waals surface area contributed by atoms with E-state index in [9.17, 15) is 4.39 Å². The molecule has 0 radical (unpaired) electrons. The van der Waals surface area contributed by atoms with Crippen molar-refractivity contribution >= 4 is 29.9 Å². The van der Waals surface area contributed by atoms with E-state index in [1.165, 1.54) is 12.1 Å². The van der Waals surface area contributed by atoms with Gasteiger partial charge in [-0.3, -0.25) is 4.99 Å². The number of aliphatic imine (C=N–C) groups is 1. The highest BCUT2D eigenvalue weighted by Crippen LogP contribution is 2.15. The molecule has 1 aromatic rings. The summed E-state index contributed by atoms with van der Waals surface area (Å²) < 4.78 is 23.6. The van der Waals surface area contributed by atoms with E-state index in [0.29, 0.717) is 32.3 Å². The summed E-state index contributed by atoms with van der Waals surface area (Å²) >= 11 is 0. The molecule has 0 bridgehead atoms. The Morgan fingerprint density at radius 2 is 1.95 bits per heavy atom. The Balaban J connectivity index is 0.00000441. The molecular weight excluding hydrogens is 400 g/mol. The van der Waals surface area contributed by atoms with Crippen LogP contribution < -0.4 is 10.6 Å². The molecule has 0 heterocycles. The second kappa shape index (κ2) is 12.6. The zero-order valence-corrected chi connectivity index (χ0v) is 15.6. The van der Waals surface area contributed by atoms with Crippen LogP contribution in [0.2, 0.25) is 0 Å². The lowest BCUT2D eigenvalue weighted by atomic mass is 10.1. The molecule has 7 heteroatoms. The zero-order chi connectivity index (χ0) is 15.5. The van der Waals surface area contributed by atoms with E-state index in [0.717, 1.165) is 5.56 Å². The van der Waals surface area contributed by atoms with Crippen molar-refractivity contribution in [1.82, 2.24) is 10.6 Å². The smallest absolute Gasteiger partial charge is 0.191 e. The number of methoxy groups -OCH3 is 1. The van der Waals surface area contributed by atoms with Crippen molar-refractivity contribution in [3.05, 3.63) is 35.6 Å². The normalized spacial score (nSPS) is 12.5. The third kappa shape index (κ3) is 7.90. The van der Waals surface area contributed by atoms with Gasteiger partial charge in [0.05, 0.1) is 12.7 Å². The van der Waals surface area contributed by atoms with Crippen molar-refractivity contribution in [2.45, 2.75) is 13.0 Å². The SMILES string of the molecule is CCOCCNC(=NC)NCC(OC)c1ccc(F)cc1.I. The number of rotatable bonds is 8. The van der Waals surface area contributed by atoms with Gasteiger partial charge in [-0.25, -0.2) is 4.39 Å². The first kappa shape index (κ1) is 21.1. The van der Waals surface area contributed by atoms with E-state index >= 15 is 0 Å². The first-order valence-electron chi connectivity index (χ1n) is 7.01. The van der Waals surface area contributed by atoms with Crippen molar-refractivity contribution in [1.29, 1.82) is 0 Å². The number of benzene rings is 1. The molecular formula is C15H25FIN3O2. The topological polar surface area (TPSA) is 54.9 Å². The molecule has 0 aromatic heterocycles. The molecule has 0 fully saturated rings. The standard InChI is InChI=1S/C15H24FN3O2.HI/c1-4-21-10-9-18-15(17-2)19-11-14(20-3)12-5-7-13(16)8-6-12;/h5-8,14H,4,9-11H2,1-3H3,(H2,17,18,19);1H. The summed E-state index contributed by atoms with van der Waals surface area (Å²) in [4.78, 5) is 4.12.